The average Bonchev–Trinajstić information content (AvgIpc) is 3.20. The van der Waals surface area contributed by atoms with E-state index in [4.69, 9.17) is 0 Å². The smallest absolute Gasteiger partial charge is 0.225 e. The number of carbonyl (C=O) groups is 2. The molecule has 144 valence electrons. The highest BCUT2D eigenvalue weighted by Gasteiger charge is 2.29. The second-order valence-electron chi connectivity index (χ2n) is 7.25. The number of hydrogen-bond donors (Lipinski definition) is 1. The minimum atomic E-state index is -0.369. The summed E-state index contributed by atoms with van der Waals surface area (Å²) >= 11 is 0. The van der Waals surface area contributed by atoms with Gasteiger partial charge < -0.3 is 14.8 Å². The summed E-state index contributed by atoms with van der Waals surface area (Å²) in [6.45, 7) is 5.16. The van der Waals surface area contributed by atoms with Crippen LogP contribution in [0.1, 0.15) is 32.3 Å². The normalized spacial score (nSPS) is 17.2. The van der Waals surface area contributed by atoms with Gasteiger partial charge in [0, 0.05) is 37.9 Å². The number of nitrogens with one attached hydrogen (secondary N) is 1. The monoisotopic (exact) mass is 372 g/mol. The Balaban J connectivity index is 1.57. The van der Waals surface area contributed by atoms with Crippen LogP contribution in [0.2, 0.25) is 0 Å². The van der Waals surface area contributed by atoms with Gasteiger partial charge in [0.1, 0.15) is 5.82 Å². The summed E-state index contributed by atoms with van der Waals surface area (Å²) in [5, 5.41) is 2.88. The van der Waals surface area contributed by atoms with Gasteiger partial charge >= 0.3 is 0 Å². The summed E-state index contributed by atoms with van der Waals surface area (Å²) < 4.78 is 15.9. The van der Waals surface area contributed by atoms with Crippen LogP contribution < -0.4 is 5.32 Å². The highest BCUT2D eigenvalue weighted by Crippen LogP contribution is 2.19. The molecule has 1 atom stereocenters. The van der Waals surface area contributed by atoms with Crippen molar-refractivity contribution in [2.24, 2.45) is 11.8 Å². The molecule has 0 aliphatic carbocycles. The van der Waals surface area contributed by atoms with Crippen molar-refractivity contribution in [3.05, 3.63) is 48.3 Å². The van der Waals surface area contributed by atoms with E-state index in [1.807, 2.05) is 13.8 Å². The molecule has 2 aromatic rings. The maximum Gasteiger partial charge on any atom is 0.225 e. The minimum absolute atomic E-state index is 0.0659. The van der Waals surface area contributed by atoms with Gasteiger partial charge in [0.05, 0.1) is 17.9 Å². The molecule has 1 aromatic carbocycles. The zero-order chi connectivity index (χ0) is 19.4. The Hall–Kier alpha value is -2.70. The molecule has 1 fully saturated rings. The number of benzene rings is 1. The lowest BCUT2D eigenvalue weighted by Gasteiger charge is -2.33. The van der Waals surface area contributed by atoms with Crippen LogP contribution in [0.15, 0.2) is 36.9 Å². The summed E-state index contributed by atoms with van der Waals surface area (Å²) in [5.41, 5.74) is 1.10. The molecular weight excluding hydrogens is 347 g/mol. The number of nitrogens with zero attached hydrogens (tertiary/aromatic N) is 3. The van der Waals surface area contributed by atoms with E-state index >= 15 is 0 Å². The quantitative estimate of drug-likeness (QED) is 0.877. The number of carbonyl (C=O) groups excluding carboxylic acids is 2. The Morgan fingerprint density at radius 1 is 1.37 bits per heavy atom. The van der Waals surface area contributed by atoms with Crippen molar-refractivity contribution >= 4 is 11.8 Å². The van der Waals surface area contributed by atoms with Crippen LogP contribution in [-0.4, -0.2) is 39.4 Å². The van der Waals surface area contributed by atoms with Gasteiger partial charge in [-0.1, -0.05) is 19.9 Å². The third kappa shape index (κ3) is 4.53. The number of hydrogen-bond acceptors (Lipinski definition) is 3. The Labute approximate surface area is 158 Å². The highest BCUT2D eigenvalue weighted by atomic mass is 19.1. The van der Waals surface area contributed by atoms with Gasteiger partial charge in [0.2, 0.25) is 11.8 Å². The van der Waals surface area contributed by atoms with E-state index in [9.17, 15) is 14.0 Å². The van der Waals surface area contributed by atoms with Crippen LogP contribution in [0, 0.1) is 17.7 Å². The maximum absolute atomic E-state index is 14.3. The van der Waals surface area contributed by atoms with Crippen molar-refractivity contribution < 1.29 is 14.0 Å². The molecule has 27 heavy (non-hydrogen) atoms. The molecule has 1 aromatic heterocycles. The molecule has 0 radical (unpaired) electrons. The van der Waals surface area contributed by atoms with Crippen LogP contribution in [0.3, 0.4) is 0 Å². The predicted octanol–water partition coefficient (Wildman–Crippen LogP) is 2.52. The lowest BCUT2D eigenvalue weighted by molar-refractivity contribution is -0.138. The van der Waals surface area contributed by atoms with Crippen LogP contribution in [-0.2, 0) is 16.1 Å². The van der Waals surface area contributed by atoms with Gasteiger partial charge in [-0.25, -0.2) is 9.37 Å². The van der Waals surface area contributed by atoms with Crippen molar-refractivity contribution in [3.8, 4) is 5.69 Å². The molecule has 2 amide bonds. The molecule has 1 N–H and O–H groups in total. The molecule has 0 bridgehead atoms. The first-order chi connectivity index (χ1) is 13.0. The Morgan fingerprint density at radius 2 is 2.19 bits per heavy atom. The molecular formula is C20H25FN4O2. The first kappa shape index (κ1) is 19.1. The maximum atomic E-state index is 14.3. The summed E-state index contributed by atoms with van der Waals surface area (Å²) in [7, 11) is 0. The molecule has 1 saturated heterocycles. The van der Waals surface area contributed by atoms with E-state index in [-0.39, 0.29) is 36.0 Å². The lowest BCUT2D eigenvalue weighted by atomic mass is 9.96. The second kappa shape index (κ2) is 8.33. The highest BCUT2D eigenvalue weighted by molar-refractivity contribution is 5.82. The summed E-state index contributed by atoms with van der Waals surface area (Å²) in [6, 6.07) is 4.88. The molecule has 0 unspecified atom stereocenters. The van der Waals surface area contributed by atoms with Crippen LogP contribution >= 0.6 is 0 Å². The zero-order valence-electron chi connectivity index (χ0n) is 15.7. The Bertz CT molecular complexity index is 804. The first-order valence-electron chi connectivity index (χ1n) is 9.29. The fraction of sp³-hybridized carbons (Fsp3) is 0.450. The van der Waals surface area contributed by atoms with Crippen molar-refractivity contribution in [2.75, 3.05) is 13.1 Å². The van der Waals surface area contributed by atoms with Gasteiger partial charge in [-0.05, 0) is 30.5 Å². The lowest BCUT2D eigenvalue weighted by Crippen LogP contribution is -2.46. The zero-order valence-corrected chi connectivity index (χ0v) is 15.7. The molecule has 1 aliphatic rings. The average molecular weight is 372 g/mol. The Kier molecular flexibility index (Phi) is 5.88. The summed E-state index contributed by atoms with van der Waals surface area (Å²) in [4.78, 5) is 30.3. The van der Waals surface area contributed by atoms with Gasteiger partial charge in [-0.2, -0.15) is 0 Å². The van der Waals surface area contributed by atoms with E-state index < -0.39 is 0 Å². The predicted molar refractivity (Wildman–Crippen MR) is 99.5 cm³/mol. The SMILES string of the molecule is CC(C)C(=O)N1CCC[C@@H](C(=O)NCc2ccc(-n3ccnc3)c(F)c2)C1. The number of rotatable bonds is 5. The second-order valence-corrected chi connectivity index (χ2v) is 7.25. The number of piperidine rings is 1. The van der Waals surface area contributed by atoms with Crippen LogP contribution in [0.5, 0.6) is 0 Å². The van der Waals surface area contributed by atoms with Crippen LogP contribution in [0.25, 0.3) is 5.69 Å². The first-order valence-corrected chi connectivity index (χ1v) is 9.29. The van der Waals surface area contributed by atoms with Gasteiger partial charge in [-0.15, -0.1) is 0 Å². The van der Waals surface area contributed by atoms with E-state index in [1.54, 1.807) is 34.0 Å². The molecule has 2 heterocycles. The van der Waals surface area contributed by atoms with Crippen molar-refractivity contribution in [3.63, 3.8) is 0 Å². The molecule has 0 spiro atoms. The topological polar surface area (TPSA) is 67.2 Å². The number of amides is 2. The number of halogens is 1. The van der Waals surface area contributed by atoms with E-state index in [1.165, 1.54) is 12.4 Å². The van der Waals surface area contributed by atoms with Gasteiger partial charge in [0.15, 0.2) is 0 Å². The van der Waals surface area contributed by atoms with E-state index in [0.29, 0.717) is 24.3 Å². The molecule has 7 heteroatoms. The third-order valence-electron chi connectivity index (χ3n) is 4.86. The molecule has 6 nitrogen and oxygen atoms in total. The molecule has 1 aliphatic heterocycles. The Morgan fingerprint density at radius 3 is 2.85 bits per heavy atom. The summed E-state index contributed by atoms with van der Waals surface area (Å²) in [6.07, 6.45) is 6.39. The van der Waals surface area contributed by atoms with Crippen molar-refractivity contribution in [1.29, 1.82) is 0 Å². The molecule has 3 rings (SSSR count). The third-order valence-corrected chi connectivity index (χ3v) is 4.86. The van der Waals surface area contributed by atoms with Crippen molar-refractivity contribution in [2.45, 2.75) is 33.2 Å². The number of likely N-dealkylation sites (tertiary alicyclic amines) is 1. The van der Waals surface area contributed by atoms with Gasteiger partial charge in [0.25, 0.3) is 0 Å². The fourth-order valence-electron chi connectivity index (χ4n) is 3.36. The van der Waals surface area contributed by atoms with Gasteiger partial charge in [-0.3, -0.25) is 9.59 Å². The number of aromatic nitrogens is 2. The fourth-order valence-corrected chi connectivity index (χ4v) is 3.36. The van der Waals surface area contributed by atoms with E-state index in [0.717, 1.165) is 12.8 Å². The van der Waals surface area contributed by atoms with E-state index in [2.05, 4.69) is 10.3 Å². The largest absolute Gasteiger partial charge is 0.352 e. The number of imidazole rings is 1. The summed E-state index contributed by atoms with van der Waals surface area (Å²) in [5.74, 6) is -0.647. The van der Waals surface area contributed by atoms with Crippen molar-refractivity contribution in [1.82, 2.24) is 19.8 Å². The minimum Gasteiger partial charge on any atom is -0.352 e. The molecule has 0 saturated carbocycles. The standard InChI is InChI=1S/C20H25FN4O2/c1-14(2)20(27)24-8-3-4-16(12-24)19(26)23-11-15-5-6-18(17(21)10-15)25-9-7-22-13-25/h5-7,9-10,13-14,16H,3-4,8,11-12H2,1-2H3,(H,23,26)/t16-/m1/s1. The van der Waals surface area contributed by atoms with Crippen LogP contribution in [0.4, 0.5) is 4.39 Å².